The number of para-hydroxylation sites is 1. The van der Waals surface area contributed by atoms with E-state index in [4.69, 9.17) is 4.74 Å². The molecule has 1 aromatic heterocycles. The molecule has 0 saturated carbocycles. The van der Waals surface area contributed by atoms with Crippen LogP contribution in [0.3, 0.4) is 0 Å². The molecule has 22 heavy (non-hydrogen) atoms. The molecule has 0 fully saturated rings. The van der Waals surface area contributed by atoms with Gasteiger partial charge in [0.25, 0.3) is 5.91 Å². The predicted octanol–water partition coefficient (Wildman–Crippen LogP) is 4.26. The van der Waals surface area contributed by atoms with Gasteiger partial charge in [-0.25, -0.2) is 0 Å². The number of amides is 1. The van der Waals surface area contributed by atoms with Crippen LogP contribution in [0, 0.1) is 0 Å². The SMILES string of the molecule is COc1ccccc1C(=O)Nc1cc(Br)cc2cccnc12. The lowest BCUT2D eigenvalue weighted by Gasteiger charge is -2.11. The van der Waals surface area contributed by atoms with Crippen LogP contribution in [0.1, 0.15) is 10.4 Å². The van der Waals surface area contributed by atoms with E-state index in [0.717, 1.165) is 15.4 Å². The number of carbonyl (C=O) groups is 1. The maximum atomic E-state index is 12.5. The van der Waals surface area contributed by atoms with E-state index in [2.05, 4.69) is 26.2 Å². The highest BCUT2D eigenvalue weighted by atomic mass is 79.9. The molecule has 110 valence electrons. The zero-order chi connectivity index (χ0) is 15.5. The van der Waals surface area contributed by atoms with Gasteiger partial charge in [0, 0.05) is 16.1 Å². The topological polar surface area (TPSA) is 51.2 Å². The van der Waals surface area contributed by atoms with Gasteiger partial charge in [-0.1, -0.05) is 34.1 Å². The number of aromatic nitrogens is 1. The Morgan fingerprint density at radius 2 is 2.00 bits per heavy atom. The summed E-state index contributed by atoms with van der Waals surface area (Å²) in [5.74, 6) is 0.301. The smallest absolute Gasteiger partial charge is 0.259 e. The molecule has 0 unspecified atom stereocenters. The Bertz CT molecular complexity index is 849. The standard InChI is InChI=1S/C17H13BrN2O2/c1-22-15-7-3-2-6-13(15)17(21)20-14-10-12(18)9-11-5-4-8-19-16(11)14/h2-10H,1H3,(H,20,21). The van der Waals surface area contributed by atoms with E-state index >= 15 is 0 Å². The first kappa shape index (κ1) is 14.5. The second-order valence-electron chi connectivity index (χ2n) is 4.68. The number of ether oxygens (including phenoxy) is 1. The maximum Gasteiger partial charge on any atom is 0.259 e. The molecule has 1 N–H and O–H groups in total. The molecule has 5 heteroatoms. The van der Waals surface area contributed by atoms with Gasteiger partial charge in [-0.2, -0.15) is 0 Å². The summed E-state index contributed by atoms with van der Waals surface area (Å²) in [6.45, 7) is 0. The van der Waals surface area contributed by atoms with Crippen molar-refractivity contribution in [3.05, 3.63) is 64.8 Å². The van der Waals surface area contributed by atoms with Gasteiger partial charge in [0.05, 0.1) is 23.9 Å². The number of fused-ring (bicyclic) bond motifs is 1. The first-order valence-corrected chi connectivity index (χ1v) is 7.47. The highest BCUT2D eigenvalue weighted by Gasteiger charge is 2.13. The second kappa shape index (κ2) is 6.15. The summed E-state index contributed by atoms with van der Waals surface area (Å²) in [5.41, 5.74) is 1.88. The number of halogens is 1. The maximum absolute atomic E-state index is 12.5. The van der Waals surface area contributed by atoms with E-state index in [-0.39, 0.29) is 5.91 Å². The van der Waals surface area contributed by atoms with Crippen LogP contribution in [0.2, 0.25) is 0 Å². The van der Waals surface area contributed by atoms with Gasteiger partial charge in [-0.3, -0.25) is 9.78 Å². The van der Waals surface area contributed by atoms with Crippen LogP contribution < -0.4 is 10.1 Å². The summed E-state index contributed by atoms with van der Waals surface area (Å²) in [7, 11) is 1.54. The van der Waals surface area contributed by atoms with Gasteiger partial charge in [0.2, 0.25) is 0 Å². The Kier molecular flexibility index (Phi) is 4.06. The molecule has 0 radical (unpaired) electrons. The Labute approximate surface area is 136 Å². The van der Waals surface area contributed by atoms with Crippen molar-refractivity contribution in [3.63, 3.8) is 0 Å². The molecular weight excluding hydrogens is 344 g/mol. The minimum Gasteiger partial charge on any atom is -0.496 e. The fourth-order valence-electron chi connectivity index (χ4n) is 2.27. The van der Waals surface area contributed by atoms with Crippen molar-refractivity contribution >= 4 is 38.4 Å². The van der Waals surface area contributed by atoms with E-state index < -0.39 is 0 Å². The van der Waals surface area contributed by atoms with E-state index in [1.807, 2.05) is 30.3 Å². The first-order valence-electron chi connectivity index (χ1n) is 6.67. The van der Waals surface area contributed by atoms with Crippen molar-refractivity contribution in [2.45, 2.75) is 0 Å². The van der Waals surface area contributed by atoms with Crippen LogP contribution >= 0.6 is 15.9 Å². The summed E-state index contributed by atoms with van der Waals surface area (Å²) in [5, 5.41) is 3.86. The van der Waals surface area contributed by atoms with Crippen molar-refractivity contribution in [2.75, 3.05) is 12.4 Å². The van der Waals surface area contributed by atoms with E-state index in [1.54, 1.807) is 31.5 Å². The molecule has 2 aromatic carbocycles. The molecule has 1 amide bonds. The van der Waals surface area contributed by atoms with E-state index in [1.165, 1.54) is 0 Å². The zero-order valence-electron chi connectivity index (χ0n) is 11.8. The fraction of sp³-hybridized carbons (Fsp3) is 0.0588. The van der Waals surface area contributed by atoms with E-state index in [0.29, 0.717) is 17.0 Å². The monoisotopic (exact) mass is 356 g/mol. The third-order valence-electron chi connectivity index (χ3n) is 3.27. The molecule has 3 aromatic rings. The third-order valence-corrected chi connectivity index (χ3v) is 3.73. The molecule has 3 rings (SSSR count). The number of methoxy groups -OCH3 is 1. The second-order valence-corrected chi connectivity index (χ2v) is 5.60. The van der Waals surface area contributed by atoms with Crippen LogP contribution in [0.4, 0.5) is 5.69 Å². The van der Waals surface area contributed by atoms with Crippen LogP contribution in [0.25, 0.3) is 10.9 Å². The van der Waals surface area contributed by atoms with Crippen LogP contribution in [-0.2, 0) is 0 Å². The highest BCUT2D eigenvalue weighted by Crippen LogP contribution is 2.28. The normalized spacial score (nSPS) is 10.5. The molecule has 0 aliphatic heterocycles. The van der Waals surface area contributed by atoms with Crippen LogP contribution in [0.15, 0.2) is 59.2 Å². The van der Waals surface area contributed by atoms with Gasteiger partial charge in [-0.05, 0) is 30.3 Å². The summed E-state index contributed by atoms with van der Waals surface area (Å²) in [6.07, 6.45) is 1.70. The number of hydrogen-bond donors (Lipinski definition) is 1. The lowest BCUT2D eigenvalue weighted by molar-refractivity contribution is 0.102. The lowest BCUT2D eigenvalue weighted by Crippen LogP contribution is -2.13. The Balaban J connectivity index is 2.01. The Morgan fingerprint density at radius 3 is 2.82 bits per heavy atom. The molecule has 0 saturated heterocycles. The van der Waals surface area contributed by atoms with Crippen LogP contribution in [0.5, 0.6) is 5.75 Å². The number of nitrogens with zero attached hydrogens (tertiary/aromatic N) is 1. The quantitative estimate of drug-likeness (QED) is 0.762. The molecule has 1 heterocycles. The number of hydrogen-bond acceptors (Lipinski definition) is 3. The average molecular weight is 357 g/mol. The summed E-state index contributed by atoms with van der Waals surface area (Å²) >= 11 is 3.45. The van der Waals surface area contributed by atoms with E-state index in [9.17, 15) is 4.79 Å². The van der Waals surface area contributed by atoms with Gasteiger partial charge in [-0.15, -0.1) is 0 Å². The van der Waals surface area contributed by atoms with Crippen molar-refractivity contribution in [1.82, 2.24) is 4.98 Å². The molecule has 0 aliphatic rings. The molecule has 4 nitrogen and oxygen atoms in total. The van der Waals surface area contributed by atoms with Crippen LogP contribution in [-0.4, -0.2) is 18.0 Å². The molecule has 0 atom stereocenters. The summed E-state index contributed by atoms with van der Waals surface area (Å²) < 4.78 is 6.11. The number of rotatable bonds is 3. The highest BCUT2D eigenvalue weighted by molar-refractivity contribution is 9.10. The molecule has 0 bridgehead atoms. The first-order chi connectivity index (χ1) is 10.7. The minimum atomic E-state index is -0.234. The zero-order valence-corrected chi connectivity index (χ0v) is 13.4. The van der Waals surface area contributed by atoms with Gasteiger partial charge < -0.3 is 10.1 Å². The predicted molar refractivity (Wildman–Crippen MR) is 90.4 cm³/mol. The minimum absolute atomic E-state index is 0.234. The largest absolute Gasteiger partial charge is 0.496 e. The number of benzene rings is 2. The fourth-order valence-corrected chi connectivity index (χ4v) is 2.75. The Morgan fingerprint density at radius 1 is 1.18 bits per heavy atom. The van der Waals surface area contributed by atoms with Gasteiger partial charge >= 0.3 is 0 Å². The summed E-state index contributed by atoms with van der Waals surface area (Å²) in [6, 6.07) is 14.7. The molecule has 0 spiro atoms. The van der Waals surface area contributed by atoms with Gasteiger partial charge in [0.15, 0.2) is 0 Å². The van der Waals surface area contributed by atoms with Gasteiger partial charge in [0.1, 0.15) is 5.75 Å². The summed E-state index contributed by atoms with van der Waals surface area (Å²) in [4.78, 5) is 16.9. The number of nitrogens with one attached hydrogen (secondary N) is 1. The molecular formula is C17H13BrN2O2. The average Bonchev–Trinajstić information content (AvgIpc) is 2.54. The number of carbonyl (C=O) groups excluding carboxylic acids is 1. The van der Waals surface area contributed by atoms with Crippen molar-refractivity contribution in [1.29, 1.82) is 0 Å². The van der Waals surface area contributed by atoms with Crippen molar-refractivity contribution in [2.24, 2.45) is 0 Å². The van der Waals surface area contributed by atoms with Crippen molar-refractivity contribution in [3.8, 4) is 5.75 Å². The number of anilines is 1. The van der Waals surface area contributed by atoms with Crippen molar-refractivity contribution < 1.29 is 9.53 Å². The third kappa shape index (κ3) is 2.80. The molecule has 0 aliphatic carbocycles. The Hall–Kier alpha value is -2.40. The number of pyridine rings is 1. The lowest BCUT2D eigenvalue weighted by atomic mass is 10.1.